The summed E-state index contributed by atoms with van der Waals surface area (Å²) in [4.78, 5) is 12.4. The number of carbonyl (C=O) groups is 1. The molecule has 3 rings (SSSR count). The van der Waals surface area contributed by atoms with E-state index in [4.69, 9.17) is 19.7 Å². The SMILES string of the molecule is COc1cc(N)c(C(=O)c2ccno2)cc1OCc1ccccc1. The Hall–Kier alpha value is -3.28. The molecule has 0 fully saturated rings. The molecule has 6 nitrogen and oxygen atoms in total. The summed E-state index contributed by atoms with van der Waals surface area (Å²) in [5, 5.41) is 3.54. The highest BCUT2D eigenvalue weighted by molar-refractivity contribution is 6.10. The molecule has 0 aliphatic heterocycles. The molecular weight excluding hydrogens is 308 g/mol. The summed E-state index contributed by atoms with van der Waals surface area (Å²) in [6.07, 6.45) is 1.40. The van der Waals surface area contributed by atoms with Crippen molar-refractivity contribution in [1.29, 1.82) is 0 Å². The molecule has 24 heavy (non-hydrogen) atoms. The van der Waals surface area contributed by atoms with Crippen molar-refractivity contribution in [3.63, 3.8) is 0 Å². The quantitative estimate of drug-likeness (QED) is 0.554. The molecule has 0 radical (unpaired) electrons. The van der Waals surface area contributed by atoms with Gasteiger partial charge < -0.3 is 19.7 Å². The molecule has 2 N–H and O–H groups in total. The number of nitrogens with zero attached hydrogens (tertiary/aromatic N) is 1. The van der Waals surface area contributed by atoms with Gasteiger partial charge in [-0.2, -0.15) is 0 Å². The summed E-state index contributed by atoms with van der Waals surface area (Å²) in [6.45, 7) is 0.344. The van der Waals surface area contributed by atoms with Gasteiger partial charge in [-0.05, 0) is 11.6 Å². The van der Waals surface area contributed by atoms with E-state index in [0.29, 0.717) is 18.1 Å². The number of aromatic nitrogens is 1. The van der Waals surface area contributed by atoms with E-state index in [9.17, 15) is 4.79 Å². The van der Waals surface area contributed by atoms with Crippen LogP contribution in [0.4, 0.5) is 5.69 Å². The first-order chi connectivity index (χ1) is 11.7. The molecule has 0 amide bonds. The minimum Gasteiger partial charge on any atom is -0.493 e. The highest BCUT2D eigenvalue weighted by Gasteiger charge is 2.19. The minimum absolute atomic E-state index is 0.112. The second-order valence-electron chi connectivity index (χ2n) is 5.07. The standard InChI is InChI=1S/C18H16N2O4/c1-22-16-10-14(19)13(18(21)15-7-8-20-24-15)9-17(16)23-11-12-5-3-2-4-6-12/h2-10H,11,19H2,1H3. The van der Waals surface area contributed by atoms with E-state index in [0.717, 1.165) is 5.56 Å². The average Bonchev–Trinajstić information content (AvgIpc) is 3.15. The van der Waals surface area contributed by atoms with Crippen LogP contribution in [0.2, 0.25) is 0 Å². The van der Waals surface area contributed by atoms with Crippen molar-refractivity contribution in [3.8, 4) is 11.5 Å². The zero-order valence-electron chi connectivity index (χ0n) is 13.1. The van der Waals surface area contributed by atoms with Crippen LogP contribution >= 0.6 is 0 Å². The number of hydrogen-bond acceptors (Lipinski definition) is 6. The molecule has 2 aromatic carbocycles. The normalized spacial score (nSPS) is 10.4. The van der Waals surface area contributed by atoms with E-state index >= 15 is 0 Å². The van der Waals surface area contributed by atoms with Crippen molar-refractivity contribution in [2.45, 2.75) is 6.61 Å². The monoisotopic (exact) mass is 324 g/mol. The molecule has 0 atom stereocenters. The van der Waals surface area contributed by atoms with Gasteiger partial charge in [0.05, 0.1) is 18.9 Å². The van der Waals surface area contributed by atoms with Crippen LogP contribution in [0.15, 0.2) is 59.3 Å². The highest BCUT2D eigenvalue weighted by atomic mass is 16.5. The van der Waals surface area contributed by atoms with Crippen molar-refractivity contribution in [3.05, 3.63) is 71.6 Å². The molecule has 0 saturated heterocycles. The first-order valence-corrected chi connectivity index (χ1v) is 7.28. The van der Waals surface area contributed by atoms with E-state index in [-0.39, 0.29) is 22.8 Å². The number of benzene rings is 2. The topological polar surface area (TPSA) is 87.6 Å². The number of nitrogen functional groups attached to an aromatic ring is 1. The van der Waals surface area contributed by atoms with Crippen molar-refractivity contribution in [2.24, 2.45) is 0 Å². The van der Waals surface area contributed by atoms with Gasteiger partial charge in [0.1, 0.15) is 6.61 Å². The maximum atomic E-state index is 12.4. The summed E-state index contributed by atoms with van der Waals surface area (Å²) in [5.74, 6) is 0.633. The summed E-state index contributed by atoms with van der Waals surface area (Å²) >= 11 is 0. The van der Waals surface area contributed by atoms with Crippen molar-refractivity contribution in [2.75, 3.05) is 12.8 Å². The Morgan fingerprint density at radius 1 is 1.17 bits per heavy atom. The molecule has 122 valence electrons. The lowest BCUT2D eigenvalue weighted by molar-refractivity contribution is 0.100. The number of hydrogen-bond donors (Lipinski definition) is 1. The van der Waals surface area contributed by atoms with Crippen LogP contribution in [-0.4, -0.2) is 18.0 Å². The molecule has 0 saturated carbocycles. The van der Waals surface area contributed by atoms with Gasteiger partial charge in [-0.15, -0.1) is 0 Å². The van der Waals surface area contributed by atoms with E-state index in [2.05, 4.69) is 5.16 Å². The lowest BCUT2D eigenvalue weighted by atomic mass is 10.1. The minimum atomic E-state index is -0.364. The largest absolute Gasteiger partial charge is 0.493 e. The van der Waals surface area contributed by atoms with E-state index in [1.54, 1.807) is 12.1 Å². The highest BCUT2D eigenvalue weighted by Crippen LogP contribution is 2.33. The molecular formula is C18H16N2O4. The predicted molar refractivity (Wildman–Crippen MR) is 88.1 cm³/mol. The Balaban J connectivity index is 1.90. The fraction of sp³-hybridized carbons (Fsp3) is 0.111. The number of methoxy groups -OCH3 is 1. The first-order valence-electron chi connectivity index (χ1n) is 7.28. The van der Waals surface area contributed by atoms with Gasteiger partial charge in [0.25, 0.3) is 0 Å². The van der Waals surface area contributed by atoms with Crippen molar-refractivity contribution in [1.82, 2.24) is 5.16 Å². The Labute approximate surface area is 138 Å². The van der Waals surface area contributed by atoms with Gasteiger partial charge in [-0.3, -0.25) is 4.79 Å². The second kappa shape index (κ2) is 6.87. The number of rotatable bonds is 6. The number of ketones is 1. The molecule has 1 aromatic heterocycles. The van der Waals surface area contributed by atoms with Crippen LogP contribution in [0.25, 0.3) is 0 Å². The third kappa shape index (κ3) is 3.22. The zero-order valence-corrected chi connectivity index (χ0v) is 13.1. The van der Waals surface area contributed by atoms with Gasteiger partial charge in [-0.25, -0.2) is 0 Å². The number of ether oxygens (including phenoxy) is 2. The third-order valence-electron chi connectivity index (χ3n) is 3.48. The van der Waals surface area contributed by atoms with E-state index in [1.807, 2.05) is 30.3 Å². The number of anilines is 1. The second-order valence-corrected chi connectivity index (χ2v) is 5.07. The van der Waals surface area contributed by atoms with Gasteiger partial charge in [0.15, 0.2) is 11.5 Å². The molecule has 1 heterocycles. The van der Waals surface area contributed by atoms with Crippen LogP contribution in [0.1, 0.15) is 21.7 Å². The smallest absolute Gasteiger partial charge is 0.233 e. The van der Waals surface area contributed by atoms with Gasteiger partial charge in [0.2, 0.25) is 11.5 Å². The fourth-order valence-electron chi connectivity index (χ4n) is 2.25. The van der Waals surface area contributed by atoms with Crippen LogP contribution in [-0.2, 0) is 6.61 Å². The third-order valence-corrected chi connectivity index (χ3v) is 3.48. The number of nitrogens with two attached hydrogens (primary N) is 1. The maximum absolute atomic E-state index is 12.4. The Morgan fingerprint density at radius 2 is 1.96 bits per heavy atom. The number of carbonyl (C=O) groups excluding carboxylic acids is 1. The molecule has 6 heteroatoms. The lowest BCUT2D eigenvalue weighted by Crippen LogP contribution is -2.07. The molecule has 0 aliphatic rings. The maximum Gasteiger partial charge on any atom is 0.233 e. The molecule has 0 unspecified atom stereocenters. The zero-order chi connectivity index (χ0) is 16.9. The van der Waals surface area contributed by atoms with Crippen LogP contribution in [0.5, 0.6) is 11.5 Å². The Kier molecular flexibility index (Phi) is 4.47. The molecule has 0 bridgehead atoms. The van der Waals surface area contributed by atoms with Gasteiger partial charge >= 0.3 is 0 Å². The first kappa shape index (κ1) is 15.6. The van der Waals surface area contributed by atoms with Crippen LogP contribution < -0.4 is 15.2 Å². The molecule has 0 aliphatic carbocycles. The van der Waals surface area contributed by atoms with Crippen molar-refractivity contribution >= 4 is 11.5 Å². The Bertz CT molecular complexity index is 830. The van der Waals surface area contributed by atoms with Crippen molar-refractivity contribution < 1.29 is 18.8 Å². The van der Waals surface area contributed by atoms with Crippen LogP contribution in [0, 0.1) is 0 Å². The predicted octanol–water partition coefficient (Wildman–Crippen LogP) is 3.08. The van der Waals surface area contributed by atoms with Gasteiger partial charge in [0, 0.05) is 17.8 Å². The van der Waals surface area contributed by atoms with E-state index in [1.165, 1.54) is 19.4 Å². The summed E-state index contributed by atoms with van der Waals surface area (Å²) in [7, 11) is 1.52. The van der Waals surface area contributed by atoms with Crippen LogP contribution in [0.3, 0.4) is 0 Å². The summed E-state index contributed by atoms with van der Waals surface area (Å²) < 4.78 is 16.0. The lowest BCUT2D eigenvalue weighted by Gasteiger charge is -2.13. The van der Waals surface area contributed by atoms with Gasteiger partial charge in [-0.1, -0.05) is 35.5 Å². The average molecular weight is 324 g/mol. The summed E-state index contributed by atoms with van der Waals surface area (Å²) in [6, 6.07) is 14.3. The molecule has 3 aromatic rings. The molecule has 0 spiro atoms. The fourth-order valence-corrected chi connectivity index (χ4v) is 2.25. The van der Waals surface area contributed by atoms with E-state index < -0.39 is 0 Å². The summed E-state index contributed by atoms with van der Waals surface area (Å²) in [5.41, 5.74) is 7.51. The Morgan fingerprint density at radius 3 is 2.62 bits per heavy atom.